The van der Waals surface area contributed by atoms with Crippen LogP contribution in [0.2, 0.25) is 0 Å². The molecule has 0 aromatic carbocycles. The fourth-order valence-corrected chi connectivity index (χ4v) is 3.61. The number of imidazole rings is 1. The highest BCUT2D eigenvalue weighted by Crippen LogP contribution is 2.26. The summed E-state index contributed by atoms with van der Waals surface area (Å²) in [5.41, 5.74) is 1.99. The van der Waals surface area contributed by atoms with Crippen LogP contribution in [0, 0.1) is 6.92 Å². The zero-order valence-electron chi connectivity index (χ0n) is 14.4. The number of aryl methyl sites for hydroxylation is 1. The van der Waals surface area contributed by atoms with Gasteiger partial charge in [-0.3, -0.25) is 14.3 Å². The molecule has 1 amide bonds. The number of nitrogens with zero attached hydrogens (tertiary/aromatic N) is 4. The molecule has 0 unspecified atom stereocenters. The number of nitrogens with one attached hydrogen (secondary N) is 2. The first-order chi connectivity index (χ1) is 12.6. The van der Waals surface area contributed by atoms with Crippen LogP contribution >= 0.6 is 11.3 Å². The first-order valence-electron chi connectivity index (χ1n) is 8.36. The second-order valence-electron chi connectivity index (χ2n) is 6.00. The number of hydrogen-bond donors (Lipinski definition) is 2. The van der Waals surface area contributed by atoms with Gasteiger partial charge in [0, 0.05) is 23.5 Å². The molecule has 0 bridgehead atoms. The van der Waals surface area contributed by atoms with Gasteiger partial charge >= 0.3 is 0 Å². The largest absolute Gasteiger partial charge is 0.342 e. The topological polar surface area (TPSA) is 88.0 Å². The normalized spacial score (nSPS) is 12.4. The predicted molar refractivity (Wildman–Crippen MR) is 100 cm³/mol. The van der Waals surface area contributed by atoms with Gasteiger partial charge < -0.3 is 5.32 Å². The van der Waals surface area contributed by atoms with Gasteiger partial charge in [-0.05, 0) is 37.6 Å². The molecule has 4 aromatic rings. The number of fused-ring (bicyclic) bond motifs is 1. The lowest BCUT2D eigenvalue weighted by molar-refractivity contribution is 0.0929. The molecule has 0 fully saturated rings. The van der Waals surface area contributed by atoms with Crippen LogP contribution in [0.1, 0.15) is 40.4 Å². The van der Waals surface area contributed by atoms with Crippen molar-refractivity contribution in [2.24, 2.45) is 0 Å². The van der Waals surface area contributed by atoms with E-state index in [1.807, 2.05) is 48.8 Å². The van der Waals surface area contributed by atoms with Crippen LogP contribution in [0.5, 0.6) is 0 Å². The molecular weight excluding hydrogens is 348 g/mol. The molecule has 2 N–H and O–H groups in total. The minimum absolute atomic E-state index is 0.201. The quantitative estimate of drug-likeness (QED) is 0.567. The van der Waals surface area contributed by atoms with Crippen LogP contribution in [-0.4, -0.2) is 30.5 Å². The van der Waals surface area contributed by atoms with Gasteiger partial charge in [0.1, 0.15) is 0 Å². The molecule has 0 aliphatic rings. The van der Waals surface area contributed by atoms with Crippen LogP contribution in [0.15, 0.2) is 42.9 Å². The molecule has 0 radical (unpaired) electrons. The van der Waals surface area contributed by atoms with Crippen molar-refractivity contribution in [2.45, 2.75) is 26.3 Å². The second-order valence-corrected chi connectivity index (χ2v) is 7.29. The summed E-state index contributed by atoms with van der Waals surface area (Å²) in [6.07, 6.45) is 6.19. The Morgan fingerprint density at radius 3 is 3.04 bits per heavy atom. The molecule has 0 aliphatic heterocycles. The average Bonchev–Trinajstić information content (AvgIpc) is 3.37. The van der Waals surface area contributed by atoms with Crippen molar-refractivity contribution in [2.75, 3.05) is 0 Å². The zero-order chi connectivity index (χ0) is 18.1. The standard InChI is InChI=1S/C18H18N6OS/c1-3-12(15-10-24-8-4-7-19-18(24)21-15)20-17(25)14-9-13(22-23-14)16-6-5-11(2)26-16/h4-10,12H,3H2,1-2H3,(H,20,25)(H,22,23)/t12-/m1/s1. The molecular formula is C18H18N6OS. The Balaban J connectivity index is 1.53. The Bertz CT molecular complexity index is 1030. The van der Waals surface area contributed by atoms with Crippen molar-refractivity contribution in [3.05, 3.63) is 59.1 Å². The van der Waals surface area contributed by atoms with E-state index in [0.717, 1.165) is 22.7 Å². The number of hydrogen-bond acceptors (Lipinski definition) is 5. The van der Waals surface area contributed by atoms with Crippen molar-refractivity contribution in [1.82, 2.24) is 29.9 Å². The fraction of sp³-hybridized carbons (Fsp3) is 0.222. The minimum Gasteiger partial charge on any atom is -0.342 e. The van der Waals surface area contributed by atoms with E-state index in [-0.39, 0.29) is 11.9 Å². The van der Waals surface area contributed by atoms with Gasteiger partial charge in [-0.15, -0.1) is 11.3 Å². The molecule has 26 heavy (non-hydrogen) atoms. The molecule has 4 heterocycles. The van der Waals surface area contributed by atoms with Crippen molar-refractivity contribution < 1.29 is 4.79 Å². The third-order valence-corrected chi connectivity index (χ3v) is 5.18. The van der Waals surface area contributed by atoms with Gasteiger partial charge in [-0.1, -0.05) is 6.92 Å². The maximum atomic E-state index is 12.6. The molecule has 0 saturated carbocycles. The summed E-state index contributed by atoms with van der Waals surface area (Å²) < 4.78 is 1.84. The number of amides is 1. The van der Waals surface area contributed by atoms with Crippen LogP contribution in [0.3, 0.4) is 0 Å². The molecule has 4 rings (SSSR count). The van der Waals surface area contributed by atoms with Crippen LogP contribution in [0.25, 0.3) is 16.3 Å². The Hall–Kier alpha value is -3.00. The van der Waals surface area contributed by atoms with Gasteiger partial charge in [-0.2, -0.15) is 5.10 Å². The highest BCUT2D eigenvalue weighted by molar-refractivity contribution is 7.15. The molecule has 132 valence electrons. The number of thiophene rings is 1. The van der Waals surface area contributed by atoms with Gasteiger partial charge in [0.2, 0.25) is 5.78 Å². The van der Waals surface area contributed by atoms with Crippen molar-refractivity contribution in [3.8, 4) is 10.6 Å². The van der Waals surface area contributed by atoms with Gasteiger partial charge in [0.15, 0.2) is 5.69 Å². The maximum Gasteiger partial charge on any atom is 0.272 e. The number of aromatic amines is 1. The molecule has 1 atom stereocenters. The van der Waals surface area contributed by atoms with Crippen molar-refractivity contribution in [3.63, 3.8) is 0 Å². The summed E-state index contributed by atoms with van der Waals surface area (Å²) in [4.78, 5) is 23.6. The first kappa shape index (κ1) is 16.5. The summed E-state index contributed by atoms with van der Waals surface area (Å²) in [6.45, 7) is 4.06. The molecule has 4 aromatic heterocycles. The molecule has 7 nitrogen and oxygen atoms in total. The molecule has 0 spiro atoms. The lowest BCUT2D eigenvalue weighted by Crippen LogP contribution is -2.28. The van der Waals surface area contributed by atoms with Crippen LogP contribution in [-0.2, 0) is 0 Å². The maximum absolute atomic E-state index is 12.6. The van der Waals surface area contributed by atoms with E-state index in [4.69, 9.17) is 0 Å². The number of carbonyl (C=O) groups is 1. The monoisotopic (exact) mass is 366 g/mol. The van der Waals surface area contributed by atoms with Gasteiger partial charge in [0.05, 0.1) is 22.3 Å². The molecule has 0 saturated heterocycles. The average molecular weight is 366 g/mol. The molecule has 0 aliphatic carbocycles. The van der Waals surface area contributed by atoms with E-state index in [1.165, 1.54) is 4.88 Å². The summed E-state index contributed by atoms with van der Waals surface area (Å²) in [5.74, 6) is 0.392. The fourth-order valence-electron chi connectivity index (χ4n) is 2.78. The van der Waals surface area contributed by atoms with E-state index in [2.05, 4.69) is 25.5 Å². The van der Waals surface area contributed by atoms with Crippen molar-refractivity contribution in [1.29, 1.82) is 0 Å². The van der Waals surface area contributed by atoms with Crippen LogP contribution in [0.4, 0.5) is 0 Å². The number of H-pyrrole nitrogens is 1. The number of carbonyl (C=O) groups excluding carboxylic acids is 1. The van der Waals surface area contributed by atoms with Crippen LogP contribution < -0.4 is 5.32 Å². The second kappa shape index (κ2) is 6.72. The summed E-state index contributed by atoms with van der Waals surface area (Å²) in [6, 6.07) is 7.49. The Kier molecular flexibility index (Phi) is 4.26. The summed E-state index contributed by atoms with van der Waals surface area (Å²) in [5, 5.41) is 10.1. The van der Waals surface area contributed by atoms with E-state index >= 15 is 0 Å². The Morgan fingerprint density at radius 2 is 2.31 bits per heavy atom. The highest BCUT2D eigenvalue weighted by atomic mass is 32.1. The third kappa shape index (κ3) is 3.11. The van der Waals surface area contributed by atoms with Crippen molar-refractivity contribution >= 4 is 23.0 Å². The van der Waals surface area contributed by atoms with Gasteiger partial charge in [-0.25, -0.2) is 9.97 Å². The predicted octanol–water partition coefficient (Wildman–Crippen LogP) is 3.37. The summed E-state index contributed by atoms with van der Waals surface area (Å²) in [7, 11) is 0. The lowest BCUT2D eigenvalue weighted by atomic mass is 10.1. The minimum atomic E-state index is -0.224. The lowest BCUT2D eigenvalue weighted by Gasteiger charge is -2.13. The van der Waals surface area contributed by atoms with E-state index in [1.54, 1.807) is 23.6 Å². The molecule has 8 heteroatoms. The van der Waals surface area contributed by atoms with E-state index in [0.29, 0.717) is 11.5 Å². The Morgan fingerprint density at radius 1 is 1.42 bits per heavy atom. The van der Waals surface area contributed by atoms with Gasteiger partial charge in [0.25, 0.3) is 5.91 Å². The SMILES string of the molecule is CC[C@@H](NC(=O)c1cc(-c2ccc(C)s2)[nH]n1)c1cn2cccnc2n1. The number of aromatic nitrogens is 5. The zero-order valence-corrected chi connectivity index (χ0v) is 15.2. The summed E-state index contributed by atoms with van der Waals surface area (Å²) >= 11 is 1.66. The Labute approximate surface area is 154 Å². The first-order valence-corrected chi connectivity index (χ1v) is 9.18. The smallest absolute Gasteiger partial charge is 0.272 e. The van der Waals surface area contributed by atoms with E-state index in [9.17, 15) is 4.79 Å². The highest BCUT2D eigenvalue weighted by Gasteiger charge is 2.19. The third-order valence-electron chi connectivity index (χ3n) is 4.14. The number of rotatable bonds is 5. The van der Waals surface area contributed by atoms with E-state index < -0.39 is 0 Å².